The molecule has 1 fully saturated rings. The molecule has 0 radical (unpaired) electrons. The molecule has 84 valence electrons. The van der Waals surface area contributed by atoms with Crippen molar-refractivity contribution in [3.8, 4) is 0 Å². The Hall–Kier alpha value is -0.970. The lowest BCUT2D eigenvalue weighted by Crippen LogP contribution is -2.41. The Balaban J connectivity index is 2.12. The van der Waals surface area contributed by atoms with Crippen molar-refractivity contribution >= 4 is 21.6 Å². The summed E-state index contributed by atoms with van der Waals surface area (Å²) in [7, 11) is 0. The van der Waals surface area contributed by atoms with Gasteiger partial charge in [0.25, 0.3) is 0 Å². The fourth-order valence-corrected chi connectivity index (χ4v) is 3.19. The molecule has 16 heavy (non-hydrogen) atoms. The molecule has 0 amide bonds. The van der Waals surface area contributed by atoms with E-state index >= 15 is 0 Å². The number of thiazole rings is 1. The van der Waals surface area contributed by atoms with Crippen LogP contribution in [0, 0.1) is 0 Å². The first-order valence-electron chi connectivity index (χ1n) is 5.39. The standard InChI is InChI=1S/C12H14N2OS/c1-12(7-15-6-10(12)13)11-14-8-4-2-3-5-9(8)16-11/h2-5,10H,6-7,13H2,1H3. The minimum Gasteiger partial charge on any atom is -0.379 e. The molecule has 0 aliphatic carbocycles. The molecule has 0 spiro atoms. The van der Waals surface area contributed by atoms with Crippen molar-refractivity contribution < 1.29 is 4.74 Å². The highest BCUT2D eigenvalue weighted by molar-refractivity contribution is 7.18. The van der Waals surface area contributed by atoms with Crippen molar-refractivity contribution in [2.75, 3.05) is 13.2 Å². The zero-order valence-corrected chi connectivity index (χ0v) is 9.96. The summed E-state index contributed by atoms with van der Waals surface area (Å²) in [6.07, 6.45) is 0. The van der Waals surface area contributed by atoms with Crippen LogP contribution in [-0.4, -0.2) is 24.2 Å². The van der Waals surface area contributed by atoms with Gasteiger partial charge in [0.1, 0.15) is 5.01 Å². The van der Waals surface area contributed by atoms with Crippen LogP contribution in [-0.2, 0) is 10.2 Å². The van der Waals surface area contributed by atoms with Gasteiger partial charge in [0, 0.05) is 6.04 Å². The maximum Gasteiger partial charge on any atom is 0.104 e. The Morgan fingerprint density at radius 1 is 1.50 bits per heavy atom. The summed E-state index contributed by atoms with van der Waals surface area (Å²) >= 11 is 1.73. The van der Waals surface area contributed by atoms with Crippen LogP contribution in [0.1, 0.15) is 11.9 Å². The predicted molar refractivity (Wildman–Crippen MR) is 65.8 cm³/mol. The fourth-order valence-electron chi connectivity index (χ4n) is 2.03. The van der Waals surface area contributed by atoms with Gasteiger partial charge in [-0.1, -0.05) is 12.1 Å². The minimum atomic E-state index is -0.121. The average molecular weight is 234 g/mol. The number of rotatable bonds is 1. The summed E-state index contributed by atoms with van der Waals surface area (Å²) in [5.74, 6) is 0. The van der Waals surface area contributed by atoms with Crippen molar-refractivity contribution in [2.24, 2.45) is 5.73 Å². The SMILES string of the molecule is CC1(c2nc3ccccc3s2)COCC1N. The Morgan fingerprint density at radius 2 is 2.31 bits per heavy atom. The summed E-state index contributed by atoms with van der Waals surface area (Å²) in [5, 5.41) is 1.10. The molecule has 0 saturated carbocycles. The summed E-state index contributed by atoms with van der Waals surface area (Å²) in [5.41, 5.74) is 7.05. The summed E-state index contributed by atoms with van der Waals surface area (Å²) < 4.78 is 6.68. The van der Waals surface area contributed by atoms with E-state index in [1.54, 1.807) is 11.3 Å². The average Bonchev–Trinajstić information content (AvgIpc) is 2.84. The van der Waals surface area contributed by atoms with Crippen LogP contribution in [0.4, 0.5) is 0 Å². The number of para-hydroxylation sites is 1. The quantitative estimate of drug-likeness (QED) is 0.820. The van der Waals surface area contributed by atoms with Gasteiger partial charge in [-0.15, -0.1) is 11.3 Å². The molecule has 3 rings (SSSR count). The number of fused-ring (bicyclic) bond motifs is 1. The van der Waals surface area contributed by atoms with E-state index in [1.165, 1.54) is 4.70 Å². The molecule has 4 heteroatoms. The van der Waals surface area contributed by atoms with E-state index in [4.69, 9.17) is 10.5 Å². The van der Waals surface area contributed by atoms with Gasteiger partial charge in [0.05, 0.1) is 28.8 Å². The maximum absolute atomic E-state index is 6.11. The van der Waals surface area contributed by atoms with Crippen molar-refractivity contribution in [1.29, 1.82) is 0 Å². The third-order valence-electron chi connectivity index (χ3n) is 3.30. The second kappa shape index (κ2) is 3.52. The maximum atomic E-state index is 6.11. The van der Waals surface area contributed by atoms with Crippen LogP contribution < -0.4 is 5.73 Å². The van der Waals surface area contributed by atoms with Crippen molar-refractivity contribution in [2.45, 2.75) is 18.4 Å². The smallest absolute Gasteiger partial charge is 0.104 e. The van der Waals surface area contributed by atoms with E-state index in [9.17, 15) is 0 Å². The first-order valence-corrected chi connectivity index (χ1v) is 6.21. The topological polar surface area (TPSA) is 48.1 Å². The lowest BCUT2D eigenvalue weighted by molar-refractivity contribution is 0.180. The number of aromatic nitrogens is 1. The molecule has 0 bridgehead atoms. The summed E-state index contributed by atoms with van der Waals surface area (Å²) in [6.45, 7) is 3.45. The van der Waals surface area contributed by atoms with Gasteiger partial charge in [-0.2, -0.15) is 0 Å². The van der Waals surface area contributed by atoms with E-state index < -0.39 is 0 Å². The molecular formula is C12H14N2OS. The zero-order valence-electron chi connectivity index (χ0n) is 9.14. The molecule has 1 aromatic heterocycles. The third-order valence-corrected chi connectivity index (χ3v) is 4.62. The normalized spacial score (nSPS) is 30.0. The van der Waals surface area contributed by atoms with Gasteiger partial charge in [0.15, 0.2) is 0 Å². The molecule has 2 unspecified atom stereocenters. The van der Waals surface area contributed by atoms with E-state index in [0.29, 0.717) is 13.2 Å². The van der Waals surface area contributed by atoms with Crippen LogP contribution >= 0.6 is 11.3 Å². The number of benzene rings is 1. The molecule has 1 aliphatic heterocycles. The lowest BCUT2D eigenvalue weighted by Gasteiger charge is -2.23. The molecule has 3 nitrogen and oxygen atoms in total. The first-order chi connectivity index (χ1) is 7.70. The number of nitrogens with zero attached hydrogens (tertiary/aromatic N) is 1. The largest absolute Gasteiger partial charge is 0.379 e. The van der Waals surface area contributed by atoms with Crippen molar-refractivity contribution in [3.63, 3.8) is 0 Å². The van der Waals surface area contributed by atoms with Gasteiger partial charge in [0.2, 0.25) is 0 Å². The van der Waals surface area contributed by atoms with Crippen LogP contribution in [0.2, 0.25) is 0 Å². The van der Waals surface area contributed by atoms with E-state index in [0.717, 1.165) is 10.5 Å². The van der Waals surface area contributed by atoms with E-state index in [-0.39, 0.29) is 11.5 Å². The summed E-state index contributed by atoms with van der Waals surface area (Å²) in [6, 6.07) is 8.24. The third kappa shape index (κ3) is 1.38. The zero-order chi connectivity index (χ0) is 11.2. The Labute approximate surface area is 98.2 Å². The first kappa shape index (κ1) is 10.2. The second-order valence-electron chi connectivity index (χ2n) is 4.53. The Kier molecular flexibility index (Phi) is 2.24. The molecule has 2 atom stereocenters. The molecule has 2 N–H and O–H groups in total. The monoisotopic (exact) mass is 234 g/mol. The Bertz CT molecular complexity index is 491. The van der Waals surface area contributed by atoms with Gasteiger partial charge >= 0.3 is 0 Å². The fraction of sp³-hybridized carbons (Fsp3) is 0.417. The Morgan fingerprint density at radius 3 is 3.00 bits per heavy atom. The van der Waals surface area contributed by atoms with Gasteiger partial charge in [-0.3, -0.25) is 0 Å². The van der Waals surface area contributed by atoms with Gasteiger partial charge < -0.3 is 10.5 Å². The number of ether oxygens (including phenoxy) is 1. The number of hydrogen-bond donors (Lipinski definition) is 1. The van der Waals surface area contributed by atoms with Crippen molar-refractivity contribution in [3.05, 3.63) is 29.3 Å². The van der Waals surface area contributed by atoms with Crippen LogP contribution in [0.25, 0.3) is 10.2 Å². The minimum absolute atomic E-state index is 0.0491. The molecule has 1 saturated heterocycles. The predicted octanol–water partition coefficient (Wildman–Crippen LogP) is 1.91. The molecule has 1 aromatic carbocycles. The van der Waals surface area contributed by atoms with Crippen LogP contribution in [0.15, 0.2) is 24.3 Å². The lowest BCUT2D eigenvalue weighted by atomic mass is 9.87. The molecular weight excluding hydrogens is 220 g/mol. The molecule has 1 aliphatic rings. The van der Waals surface area contributed by atoms with Gasteiger partial charge in [-0.05, 0) is 19.1 Å². The molecule has 2 heterocycles. The highest BCUT2D eigenvalue weighted by Gasteiger charge is 2.41. The van der Waals surface area contributed by atoms with E-state index in [1.807, 2.05) is 18.2 Å². The highest BCUT2D eigenvalue weighted by Crippen LogP contribution is 2.36. The van der Waals surface area contributed by atoms with Crippen LogP contribution in [0.5, 0.6) is 0 Å². The van der Waals surface area contributed by atoms with Gasteiger partial charge in [-0.25, -0.2) is 4.98 Å². The molecule has 2 aromatic rings. The highest BCUT2D eigenvalue weighted by atomic mass is 32.1. The van der Waals surface area contributed by atoms with E-state index in [2.05, 4.69) is 18.0 Å². The number of hydrogen-bond acceptors (Lipinski definition) is 4. The number of nitrogens with two attached hydrogens (primary N) is 1. The van der Waals surface area contributed by atoms with Crippen molar-refractivity contribution in [1.82, 2.24) is 4.98 Å². The second-order valence-corrected chi connectivity index (χ2v) is 5.56. The summed E-state index contributed by atoms with van der Waals surface area (Å²) in [4.78, 5) is 4.68. The van der Waals surface area contributed by atoms with Crippen LogP contribution in [0.3, 0.4) is 0 Å².